The van der Waals surface area contributed by atoms with Gasteiger partial charge in [-0.15, -0.1) is 0 Å². The second kappa shape index (κ2) is 5.23. The first-order valence-electron chi connectivity index (χ1n) is 6.95. The Morgan fingerprint density at radius 2 is 1.95 bits per heavy atom. The number of nitrogens with one attached hydrogen (secondary N) is 1. The minimum atomic E-state index is -0.200. The molecule has 0 radical (unpaired) electrons. The molecule has 0 aliphatic carbocycles. The third-order valence-electron chi connectivity index (χ3n) is 3.88. The van der Waals surface area contributed by atoms with Gasteiger partial charge in [-0.1, -0.05) is 15.9 Å². The Morgan fingerprint density at radius 1 is 1.30 bits per heavy atom. The Bertz CT molecular complexity index is 511. The molecule has 0 saturated carbocycles. The summed E-state index contributed by atoms with van der Waals surface area (Å²) in [4.78, 5) is 0. The van der Waals surface area contributed by atoms with Crippen molar-refractivity contribution in [3.05, 3.63) is 22.2 Å². The topological polar surface area (TPSA) is 30.5 Å². The second-order valence-electron chi connectivity index (χ2n) is 6.67. The molecule has 1 aliphatic rings. The van der Waals surface area contributed by atoms with Crippen molar-refractivity contribution in [2.24, 2.45) is 0 Å². The van der Waals surface area contributed by atoms with Crippen molar-refractivity contribution in [2.75, 3.05) is 12.4 Å². The maximum atomic E-state index is 6.15. The summed E-state index contributed by atoms with van der Waals surface area (Å²) in [5.41, 5.74) is 1.91. The largest absolute Gasteiger partial charge is 0.495 e. The van der Waals surface area contributed by atoms with Crippen LogP contribution in [0.15, 0.2) is 16.6 Å². The van der Waals surface area contributed by atoms with Crippen molar-refractivity contribution in [3.8, 4) is 5.75 Å². The SMILES string of the molecule is COc1cc(Br)cc(C)c1NC1CC(C)(C)OC1(C)C. The summed E-state index contributed by atoms with van der Waals surface area (Å²) in [6.45, 7) is 10.6. The van der Waals surface area contributed by atoms with Crippen molar-refractivity contribution in [3.63, 3.8) is 0 Å². The van der Waals surface area contributed by atoms with Crippen LogP contribution in [-0.2, 0) is 4.74 Å². The van der Waals surface area contributed by atoms with Crippen LogP contribution in [0.3, 0.4) is 0 Å². The lowest BCUT2D eigenvalue weighted by Crippen LogP contribution is -2.38. The van der Waals surface area contributed by atoms with E-state index in [1.54, 1.807) is 7.11 Å². The highest BCUT2D eigenvalue weighted by Crippen LogP contribution is 2.41. The minimum absolute atomic E-state index is 0.0995. The van der Waals surface area contributed by atoms with Gasteiger partial charge in [0.15, 0.2) is 0 Å². The number of rotatable bonds is 3. The number of benzene rings is 1. The van der Waals surface area contributed by atoms with E-state index >= 15 is 0 Å². The van der Waals surface area contributed by atoms with Gasteiger partial charge < -0.3 is 14.8 Å². The van der Waals surface area contributed by atoms with Crippen LogP contribution in [0.5, 0.6) is 5.75 Å². The van der Waals surface area contributed by atoms with Gasteiger partial charge in [0.2, 0.25) is 0 Å². The molecule has 1 atom stereocenters. The van der Waals surface area contributed by atoms with Crippen LogP contribution < -0.4 is 10.1 Å². The second-order valence-corrected chi connectivity index (χ2v) is 7.58. The summed E-state index contributed by atoms with van der Waals surface area (Å²) in [7, 11) is 1.70. The Kier molecular flexibility index (Phi) is 4.09. The number of halogens is 1. The fraction of sp³-hybridized carbons (Fsp3) is 0.625. The summed E-state index contributed by atoms with van der Waals surface area (Å²) < 4.78 is 12.7. The highest BCUT2D eigenvalue weighted by molar-refractivity contribution is 9.10. The van der Waals surface area contributed by atoms with Crippen molar-refractivity contribution >= 4 is 21.6 Å². The zero-order valence-electron chi connectivity index (χ0n) is 13.1. The van der Waals surface area contributed by atoms with E-state index in [1.807, 2.05) is 6.07 Å². The van der Waals surface area contributed by atoms with E-state index < -0.39 is 0 Å². The lowest BCUT2D eigenvalue weighted by atomic mass is 9.94. The molecule has 1 N–H and O–H groups in total. The van der Waals surface area contributed by atoms with Gasteiger partial charge in [0, 0.05) is 4.47 Å². The van der Waals surface area contributed by atoms with Crippen molar-refractivity contribution in [1.29, 1.82) is 0 Å². The fourth-order valence-corrected chi connectivity index (χ4v) is 3.57. The molecular weight excluding hydrogens is 318 g/mol. The third-order valence-corrected chi connectivity index (χ3v) is 4.33. The zero-order valence-corrected chi connectivity index (χ0v) is 14.7. The highest BCUT2D eigenvalue weighted by Gasteiger charge is 2.46. The summed E-state index contributed by atoms with van der Waals surface area (Å²) in [6, 6.07) is 4.34. The zero-order chi connectivity index (χ0) is 15.1. The highest BCUT2D eigenvalue weighted by atomic mass is 79.9. The molecule has 0 spiro atoms. The molecule has 3 nitrogen and oxygen atoms in total. The third kappa shape index (κ3) is 3.12. The maximum absolute atomic E-state index is 6.15. The number of methoxy groups -OCH3 is 1. The molecule has 1 unspecified atom stereocenters. The Labute approximate surface area is 130 Å². The first-order chi connectivity index (χ1) is 9.14. The number of anilines is 1. The average Bonchev–Trinajstić information content (AvgIpc) is 2.49. The molecule has 1 heterocycles. The van der Waals surface area contributed by atoms with Crippen molar-refractivity contribution < 1.29 is 9.47 Å². The monoisotopic (exact) mass is 341 g/mol. The van der Waals surface area contributed by atoms with E-state index in [0.717, 1.165) is 27.9 Å². The van der Waals surface area contributed by atoms with E-state index in [2.05, 4.69) is 61.9 Å². The van der Waals surface area contributed by atoms with Gasteiger partial charge in [-0.05, 0) is 58.7 Å². The van der Waals surface area contributed by atoms with Gasteiger partial charge in [-0.25, -0.2) is 0 Å². The molecule has 4 heteroatoms. The number of ether oxygens (including phenoxy) is 2. The van der Waals surface area contributed by atoms with Gasteiger partial charge in [-0.3, -0.25) is 0 Å². The molecule has 1 aromatic rings. The first kappa shape index (κ1) is 15.6. The molecule has 1 saturated heterocycles. The predicted molar refractivity (Wildman–Crippen MR) is 86.7 cm³/mol. The van der Waals surface area contributed by atoms with Crippen molar-refractivity contribution in [1.82, 2.24) is 0 Å². The average molecular weight is 342 g/mol. The predicted octanol–water partition coefficient (Wildman–Crippen LogP) is 4.52. The minimum Gasteiger partial charge on any atom is -0.495 e. The first-order valence-corrected chi connectivity index (χ1v) is 7.75. The molecule has 1 aliphatic heterocycles. The van der Waals surface area contributed by atoms with E-state index in [9.17, 15) is 0 Å². The summed E-state index contributed by atoms with van der Waals surface area (Å²) >= 11 is 3.51. The smallest absolute Gasteiger partial charge is 0.143 e. The summed E-state index contributed by atoms with van der Waals surface area (Å²) in [5.74, 6) is 0.859. The van der Waals surface area contributed by atoms with Gasteiger partial charge in [0.05, 0.1) is 30.0 Å². The number of hydrogen-bond acceptors (Lipinski definition) is 3. The van der Waals surface area contributed by atoms with Crippen LogP contribution in [0.4, 0.5) is 5.69 Å². The Morgan fingerprint density at radius 3 is 2.45 bits per heavy atom. The van der Waals surface area contributed by atoms with Gasteiger partial charge in [0.1, 0.15) is 5.75 Å². The lowest BCUT2D eigenvalue weighted by Gasteiger charge is -2.29. The Hall–Kier alpha value is -0.740. The molecule has 1 fully saturated rings. The molecule has 0 amide bonds. The molecular formula is C16H24BrNO2. The lowest BCUT2D eigenvalue weighted by molar-refractivity contribution is -0.0662. The van der Waals surface area contributed by atoms with Crippen LogP contribution in [0.2, 0.25) is 0 Å². The van der Waals surface area contributed by atoms with Crippen molar-refractivity contribution in [2.45, 2.75) is 58.3 Å². The molecule has 2 rings (SSSR count). The standard InChI is InChI=1S/C16H24BrNO2/c1-10-7-11(17)8-12(19-6)14(10)18-13-9-15(2,3)20-16(13,4)5/h7-8,13,18H,9H2,1-6H3. The van der Waals surface area contributed by atoms with Crippen LogP contribution in [0.25, 0.3) is 0 Å². The normalized spacial score (nSPS) is 23.6. The van der Waals surface area contributed by atoms with Crippen LogP contribution in [-0.4, -0.2) is 24.4 Å². The van der Waals surface area contributed by atoms with Crippen LogP contribution in [0.1, 0.15) is 39.7 Å². The van der Waals surface area contributed by atoms with Crippen LogP contribution >= 0.6 is 15.9 Å². The molecule has 112 valence electrons. The van der Waals surface area contributed by atoms with E-state index in [4.69, 9.17) is 9.47 Å². The molecule has 0 bridgehead atoms. The van der Waals surface area contributed by atoms with Gasteiger partial charge >= 0.3 is 0 Å². The fourth-order valence-electron chi connectivity index (χ4n) is 3.02. The van der Waals surface area contributed by atoms with E-state index in [1.165, 1.54) is 0 Å². The summed E-state index contributed by atoms with van der Waals surface area (Å²) in [5, 5.41) is 3.63. The van der Waals surface area contributed by atoms with E-state index in [-0.39, 0.29) is 17.2 Å². The number of aryl methyl sites for hydroxylation is 1. The molecule has 1 aromatic carbocycles. The number of hydrogen-bond donors (Lipinski definition) is 1. The van der Waals surface area contributed by atoms with Crippen LogP contribution in [0, 0.1) is 6.92 Å². The summed E-state index contributed by atoms with van der Waals surface area (Å²) in [6.07, 6.45) is 0.971. The van der Waals surface area contributed by atoms with Gasteiger partial charge in [0.25, 0.3) is 0 Å². The molecule has 20 heavy (non-hydrogen) atoms. The maximum Gasteiger partial charge on any atom is 0.143 e. The quantitative estimate of drug-likeness (QED) is 0.876. The molecule has 0 aromatic heterocycles. The Balaban J connectivity index is 2.31. The van der Waals surface area contributed by atoms with E-state index in [0.29, 0.717) is 0 Å². The van der Waals surface area contributed by atoms with Gasteiger partial charge in [-0.2, -0.15) is 0 Å².